The minimum atomic E-state index is -0.0222. The van der Waals surface area contributed by atoms with Gasteiger partial charge in [-0.05, 0) is 49.2 Å². The summed E-state index contributed by atoms with van der Waals surface area (Å²) < 4.78 is 1.04. The van der Waals surface area contributed by atoms with E-state index in [1.165, 1.54) is 6.07 Å². The molecule has 100 valence electrons. The Morgan fingerprint density at radius 3 is 2.37 bits per heavy atom. The van der Waals surface area contributed by atoms with Gasteiger partial charge in [0, 0.05) is 22.3 Å². The molecule has 0 radical (unpaired) electrons. The molecule has 4 heteroatoms. The first-order valence-corrected chi connectivity index (χ1v) is 6.81. The first-order valence-electron chi connectivity index (χ1n) is 6.02. The molecule has 2 aromatic rings. The van der Waals surface area contributed by atoms with E-state index in [9.17, 15) is 10.2 Å². The molecular formula is C15H16BrNO2. The number of benzene rings is 2. The van der Waals surface area contributed by atoms with Gasteiger partial charge in [-0.2, -0.15) is 0 Å². The predicted molar refractivity (Wildman–Crippen MR) is 80.7 cm³/mol. The van der Waals surface area contributed by atoms with E-state index in [-0.39, 0.29) is 17.5 Å². The fraction of sp³-hybridized carbons (Fsp3) is 0.200. The fourth-order valence-corrected chi connectivity index (χ4v) is 2.31. The Labute approximate surface area is 121 Å². The van der Waals surface area contributed by atoms with Crippen LogP contribution in [-0.2, 0) is 0 Å². The Kier molecular flexibility index (Phi) is 4.00. The summed E-state index contributed by atoms with van der Waals surface area (Å²) in [4.78, 5) is 0. The summed E-state index contributed by atoms with van der Waals surface area (Å²) in [5.74, 6) is 0.129. The molecule has 0 aromatic heterocycles. The first-order chi connectivity index (χ1) is 8.97. The number of phenols is 2. The molecule has 0 spiro atoms. The number of halogens is 1. The number of hydrogen-bond donors (Lipinski definition) is 3. The highest BCUT2D eigenvalue weighted by atomic mass is 79.9. The molecule has 0 saturated carbocycles. The molecule has 3 nitrogen and oxygen atoms in total. The van der Waals surface area contributed by atoms with Crippen LogP contribution in [0.5, 0.6) is 11.5 Å². The Morgan fingerprint density at radius 2 is 1.74 bits per heavy atom. The van der Waals surface area contributed by atoms with E-state index >= 15 is 0 Å². The molecular weight excluding hydrogens is 306 g/mol. The van der Waals surface area contributed by atoms with Crippen LogP contribution in [0.4, 0.5) is 5.69 Å². The summed E-state index contributed by atoms with van der Waals surface area (Å²) in [7, 11) is 0. The van der Waals surface area contributed by atoms with Crippen LogP contribution in [0.15, 0.2) is 40.9 Å². The van der Waals surface area contributed by atoms with Gasteiger partial charge in [0.05, 0.1) is 0 Å². The van der Waals surface area contributed by atoms with Crippen molar-refractivity contribution >= 4 is 21.6 Å². The van der Waals surface area contributed by atoms with Crippen molar-refractivity contribution in [1.82, 2.24) is 0 Å². The molecule has 1 atom stereocenters. The quantitative estimate of drug-likeness (QED) is 0.788. The molecule has 3 N–H and O–H groups in total. The van der Waals surface area contributed by atoms with Gasteiger partial charge in [-0.1, -0.05) is 22.0 Å². The molecule has 0 amide bonds. The first kappa shape index (κ1) is 13.7. The maximum Gasteiger partial charge on any atom is 0.119 e. The number of hydrogen-bond acceptors (Lipinski definition) is 3. The minimum Gasteiger partial charge on any atom is -0.508 e. The molecule has 0 aliphatic carbocycles. The molecule has 0 saturated heterocycles. The Bertz CT molecular complexity index is 578. The summed E-state index contributed by atoms with van der Waals surface area (Å²) in [6, 6.07) is 10.5. The van der Waals surface area contributed by atoms with E-state index in [0.29, 0.717) is 0 Å². The zero-order valence-corrected chi connectivity index (χ0v) is 12.4. The predicted octanol–water partition coefficient (Wildman–Crippen LogP) is 4.34. The smallest absolute Gasteiger partial charge is 0.119 e. The van der Waals surface area contributed by atoms with E-state index in [1.54, 1.807) is 12.1 Å². The fourth-order valence-electron chi connectivity index (χ4n) is 1.95. The summed E-state index contributed by atoms with van der Waals surface area (Å²) >= 11 is 3.50. The van der Waals surface area contributed by atoms with Crippen molar-refractivity contribution in [2.24, 2.45) is 0 Å². The molecule has 19 heavy (non-hydrogen) atoms. The van der Waals surface area contributed by atoms with Crippen LogP contribution in [0.1, 0.15) is 24.1 Å². The highest BCUT2D eigenvalue weighted by Gasteiger charge is 2.10. The molecule has 0 aliphatic heterocycles. The zero-order valence-electron chi connectivity index (χ0n) is 10.8. The molecule has 0 aliphatic rings. The van der Waals surface area contributed by atoms with Crippen molar-refractivity contribution in [2.45, 2.75) is 19.9 Å². The largest absolute Gasteiger partial charge is 0.508 e. The average Bonchev–Trinajstić information content (AvgIpc) is 2.33. The third-order valence-corrected chi connectivity index (χ3v) is 3.92. The topological polar surface area (TPSA) is 52.5 Å². The van der Waals surface area contributed by atoms with Gasteiger partial charge in [-0.15, -0.1) is 0 Å². The summed E-state index contributed by atoms with van der Waals surface area (Å²) in [6.07, 6.45) is 0. The lowest BCUT2D eigenvalue weighted by Crippen LogP contribution is -2.07. The van der Waals surface area contributed by atoms with Crippen LogP contribution in [0.2, 0.25) is 0 Å². The molecule has 0 bridgehead atoms. The van der Waals surface area contributed by atoms with Gasteiger partial charge in [-0.25, -0.2) is 0 Å². The SMILES string of the molecule is Cc1c(Br)cccc1NC(C)c1cc(O)cc(O)c1. The minimum absolute atomic E-state index is 0.0222. The number of anilines is 1. The van der Waals surface area contributed by atoms with E-state index in [4.69, 9.17) is 0 Å². The van der Waals surface area contributed by atoms with Crippen molar-refractivity contribution in [1.29, 1.82) is 0 Å². The Hall–Kier alpha value is -1.68. The van der Waals surface area contributed by atoms with Gasteiger partial charge in [0.1, 0.15) is 11.5 Å². The van der Waals surface area contributed by atoms with Crippen molar-refractivity contribution in [3.8, 4) is 11.5 Å². The van der Waals surface area contributed by atoms with Gasteiger partial charge in [0.25, 0.3) is 0 Å². The summed E-state index contributed by atoms with van der Waals surface area (Å²) in [5, 5.41) is 22.4. The normalized spacial score (nSPS) is 12.2. The van der Waals surface area contributed by atoms with E-state index in [1.807, 2.05) is 32.0 Å². The Morgan fingerprint density at radius 1 is 1.11 bits per heavy atom. The lowest BCUT2D eigenvalue weighted by molar-refractivity contribution is 0.448. The second-order valence-electron chi connectivity index (χ2n) is 4.56. The van der Waals surface area contributed by atoms with Gasteiger partial charge in [0.2, 0.25) is 0 Å². The van der Waals surface area contributed by atoms with Crippen LogP contribution in [-0.4, -0.2) is 10.2 Å². The van der Waals surface area contributed by atoms with E-state index in [2.05, 4.69) is 21.2 Å². The number of rotatable bonds is 3. The molecule has 0 heterocycles. The number of aromatic hydroxyl groups is 2. The van der Waals surface area contributed by atoms with Crippen molar-refractivity contribution in [3.05, 3.63) is 52.0 Å². The summed E-state index contributed by atoms with van der Waals surface area (Å²) in [6.45, 7) is 4.01. The monoisotopic (exact) mass is 321 g/mol. The Balaban J connectivity index is 2.25. The zero-order chi connectivity index (χ0) is 14.0. The second-order valence-corrected chi connectivity index (χ2v) is 5.42. The van der Waals surface area contributed by atoms with Crippen molar-refractivity contribution in [3.63, 3.8) is 0 Å². The van der Waals surface area contributed by atoms with Crippen molar-refractivity contribution in [2.75, 3.05) is 5.32 Å². The van der Waals surface area contributed by atoms with E-state index in [0.717, 1.165) is 21.3 Å². The van der Waals surface area contributed by atoms with Gasteiger partial charge in [0.15, 0.2) is 0 Å². The third kappa shape index (κ3) is 3.20. The van der Waals surface area contributed by atoms with Gasteiger partial charge >= 0.3 is 0 Å². The third-order valence-electron chi connectivity index (χ3n) is 3.06. The molecule has 1 unspecified atom stereocenters. The molecule has 2 aromatic carbocycles. The highest BCUT2D eigenvalue weighted by Crippen LogP contribution is 2.30. The highest BCUT2D eigenvalue weighted by molar-refractivity contribution is 9.10. The second kappa shape index (κ2) is 5.53. The van der Waals surface area contributed by atoms with Gasteiger partial charge < -0.3 is 15.5 Å². The van der Waals surface area contributed by atoms with Crippen LogP contribution in [0.3, 0.4) is 0 Å². The standard InChI is InChI=1S/C15H16BrNO2/c1-9-14(16)4-3-5-15(9)17-10(2)11-6-12(18)8-13(19)7-11/h3-8,10,17-19H,1-2H3. The number of phenolic OH excluding ortho intramolecular Hbond substituents is 2. The molecule has 0 fully saturated rings. The van der Waals surface area contributed by atoms with Crippen LogP contribution >= 0.6 is 15.9 Å². The van der Waals surface area contributed by atoms with Crippen molar-refractivity contribution < 1.29 is 10.2 Å². The van der Waals surface area contributed by atoms with Gasteiger partial charge in [-0.3, -0.25) is 0 Å². The van der Waals surface area contributed by atoms with E-state index < -0.39 is 0 Å². The maximum absolute atomic E-state index is 9.51. The lowest BCUT2D eigenvalue weighted by Gasteiger charge is -2.18. The van der Waals surface area contributed by atoms with Crippen LogP contribution < -0.4 is 5.32 Å². The van der Waals surface area contributed by atoms with Crippen LogP contribution in [0, 0.1) is 6.92 Å². The lowest BCUT2D eigenvalue weighted by atomic mass is 10.1. The number of nitrogens with one attached hydrogen (secondary N) is 1. The summed E-state index contributed by atoms with van der Waals surface area (Å²) in [5.41, 5.74) is 2.97. The molecule has 2 rings (SSSR count). The maximum atomic E-state index is 9.51. The van der Waals surface area contributed by atoms with Crippen LogP contribution in [0.25, 0.3) is 0 Å². The average molecular weight is 322 g/mol.